The summed E-state index contributed by atoms with van der Waals surface area (Å²) in [6, 6.07) is 0. The number of rotatable bonds is 5. The Labute approximate surface area is 126 Å². The summed E-state index contributed by atoms with van der Waals surface area (Å²) in [5.41, 5.74) is 5.22. The van der Waals surface area contributed by atoms with Gasteiger partial charge in [-0.3, -0.25) is 25.2 Å². The average Bonchev–Trinajstić information content (AvgIpc) is 3.19. The minimum atomic E-state index is -0.352. The van der Waals surface area contributed by atoms with E-state index in [-0.39, 0.29) is 36.0 Å². The normalized spacial score (nSPS) is 13.9. The third-order valence-electron chi connectivity index (χ3n) is 2.92. The number of hydrazine groups is 1. The molecule has 0 bridgehead atoms. The molecule has 1 heterocycles. The van der Waals surface area contributed by atoms with Crippen molar-refractivity contribution in [1.29, 1.82) is 0 Å². The summed E-state index contributed by atoms with van der Waals surface area (Å²) < 4.78 is 0. The zero-order chi connectivity index (χ0) is 15.4. The zero-order valence-electron chi connectivity index (χ0n) is 11.9. The quantitative estimate of drug-likeness (QED) is 0.702. The number of aromatic nitrogens is 1. The van der Waals surface area contributed by atoms with E-state index in [9.17, 15) is 14.4 Å². The number of carbonyl (C=O) groups excluding carboxylic acids is 3. The summed E-state index contributed by atoms with van der Waals surface area (Å²) in [5, 5.41) is 4.95. The standard InChI is InChI=1S/C13H18N4O3S/c1-7(2)11(19)17-16-10(18)5-9-6-21-13(14-9)15-12(20)8-3-4-8/h6-8H,3-5H2,1-2H3,(H,16,18)(H,17,19)(H,14,15,20). The van der Waals surface area contributed by atoms with Crippen molar-refractivity contribution >= 4 is 34.2 Å². The first-order chi connectivity index (χ1) is 9.95. The van der Waals surface area contributed by atoms with E-state index in [0.29, 0.717) is 10.8 Å². The molecule has 0 unspecified atom stereocenters. The molecule has 0 aromatic carbocycles. The second-order valence-electron chi connectivity index (χ2n) is 5.28. The molecule has 3 amide bonds. The van der Waals surface area contributed by atoms with Gasteiger partial charge in [-0.05, 0) is 12.8 Å². The van der Waals surface area contributed by atoms with Crippen LogP contribution in [0.3, 0.4) is 0 Å². The molecule has 8 heteroatoms. The Kier molecular flexibility index (Phi) is 4.89. The highest BCUT2D eigenvalue weighted by Crippen LogP contribution is 2.30. The predicted octanol–water partition coefficient (Wildman–Crippen LogP) is 0.837. The molecule has 1 aromatic heterocycles. The maximum absolute atomic E-state index is 11.6. The Morgan fingerprint density at radius 2 is 2.05 bits per heavy atom. The fourth-order valence-corrected chi connectivity index (χ4v) is 2.20. The van der Waals surface area contributed by atoms with Gasteiger partial charge in [0.1, 0.15) is 0 Å². The van der Waals surface area contributed by atoms with Crippen molar-refractivity contribution in [2.24, 2.45) is 11.8 Å². The SMILES string of the molecule is CC(C)C(=O)NNC(=O)Cc1csc(NC(=O)C2CC2)n1. The monoisotopic (exact) mass is 310 g/mol. The molecule has 114 valence electrons. The van der Waals surface area contributed by atoms with E-state index in [1.54, 1.807) is 19.2 Å². The molecule has 0 aliphatic heterocycles. The second kappa shape index (κ2) is 6.66. The second-order valence-corrected chi connectivity index (χ2v) is 6.13. The summed E-state index contributed by atoms with van der Waals surface area (Å²) >= 11 is 1.28. The van der Waals surface area contributed by atoms with Gasteiger partial charge in [-0.2, -0.15) is 0 Å². The highest BCUT2D eigenvalue weighted by molar-refractivity contribution is 7.13. The number of amides is 3. The van der Waals surface area contributed by atoms with Crippen molar-refractivity contribution in [3.05, 3.63) is 11.1 Å². The molecule has 1 aromatic rings. The summed E-state index contributed by atoms with van der Waals surface area (Å²) in [6.07, 6.45) is 1.91. The van der Waals surface area contributed by atoms with Gasteiger partial charge in [0, 0.05) is 17.2 Å². The topological polar surface area (TPSA) is 100 Å². The summed E-state index contributed by atoms with van der Waals surface area (Å²) in [4.78, 5) is 38.7. The lowest BCUT2D eigenvalue weighted by atomic mass is 10.2. The van der Waals surface area contributed by atoms with Gasteiger partial charge in [0.05, 0.1) is 12.1 Å². The molecule has 0 spiro atoms. The zero-order valence-corrected chi connectivity index (χ0v) is 12.8. The maximum Gasteiger partial charge on any atom is 0.244 e. The highest BCUT2D eigenvalue weighted by Gasteiger charge is 2.30. The maximum atomic E-state index is 11.6. The fraction of sp³-hybridized carbons (Fsp3) is 0.538. The molecule has 7 nitrogen and oxygen atoms in total. The van der Waals surface area contributed by atoms with E-state index >= 15 is 0 Å². The highest BCUT2D eigenvalue weighted by atomic mass is 32.1. The van der Waals surface area contributed by atoms with E-state index in [0.717, 1.165) is 12.8 Å². The molecule has 1 saturated carbocycles. The smallest absolute Gasteiger partial charge is 0.244 e. The van der Waals surface area contributed by atoms with Gasteiger partial charge in [0.2, 0.25) is 17.7 Å². The van der Waals surface area contributed by atoms with Crippen LogP contribution in [0.4, 0.5) is 5.13 Å². The van der Waals surface area contributed by atoms with Crippen molar-refractivity contribution < 1.29 is 14.4 Å². The lowest BCUT2D eigenvalue weighted by Gasteiger charge is -2.08. The number of carbonyl (C=O) groups is 3. The van der Waals surface area contributed by atoms with Crippen LogP contribution in [-0.4, -0.2) is 22.7 Å². The molecule has 21 heavy (non-hydrogen) atoms. The van der Waals surface area contributed by atoms with Crippen LogP contribution in [0.15, 0.2) is 5.38 Å². The first-order valence-electron chi connectivity index (χ1n) is 6.79. The van der Waals surface area contributed by atoms with Crippen molar-refractivity contribution in [2.75, 3.05) is 5.32 Å². The first kappa shape index (κ1) is 15.4. The number of nitrogens with zero attached hydrogens (tertiary/aromatic N) is 1. The Bertz CT molecular complexity index is 551. The molecule has 1 aliphatic rings. The molecule has 0 radical (unpaired) electrons. The van der Waals surface area contributed by atoms with Gasteiger partial charge in [-0.25, -0.2) is 4.98 Å². The fourth-order valence-electron chi connectivity index (χ4n) is 1.48. The summed E-state index contributed by atoms with van der Waals surface area (Å²) in [6.45, 7) is 3.47. The van der Waals surface area contributed by atoms with Gasteiger partial charge in [0.25, 0.3) is 0 Å². The van der Waals surface area contributed by atoms with Crippen LogP contribution in [0, 0.1) is 11.8 Å². The van der Waals surface area contributed by atoms with Crippen LogP contribution in [-0.2, 0) is 20.8 Å². The number of hydrogen-bond acceptors (Lipinski definition) is 5. The van der Waals surface area contributed by atoms with Gasteiger partial charge < -0.3 is 5.32 Å². The van der Waals surface area contributed by atoms with Crippen molar-refractivity contribution in [3.63, 3.8) is 0 Å². The molecule has 1 fully saturated rings. The molecule has 2 rings (SSSR count). The van der Waals surface area contributed by atoms with Gasteiger partial charge in [-0.1, -0.05) is 13.8 Å². The van der Waals surface area contributed by atoms with Crippen LogP contribution < -0.4 is 16.2 Å². The lowest BCUT2D eigenvalue weighted by Crippen LogP contribution is -2.44. The van der Waals surface area contributed by atoms with Crippen LogP contribution >= 0.6 is 11.3 Å². The summed E-state index contributed by atoms with van der Waals surface area (Å²) in [5.74, 6) is -0.696. The number of nitrogens with one attached hydrogen (secondary N) is 3. The average molecular weight is 310 g/mol. The predicted molar refractivity (Wildman–Crippen MR) is 78.3 cm³/mol. The largest absolute Gasteiger partial charge is 0.302 e. The van der Waals surface area contributed by atoms with Crippen molar-refractivity contribution in [3.8, 4) is 0 Å². The van der Waals surface area contributed by atoms with Crippen molar-refractivity contribution in [2.45, 2.75) is 33.1 Å². The van der Waals surface area contributed by atoms with Crippen LogP contribution in [0.25, 0.3) is 0 Å². The third kappa shape index (κ3) is 4.82. The van der Waals surface area contributed by atoms with Gasteiger partial charge >= 0.3 is 0 Å². The van der Waals surface area contributed by atoms with Crippen molar-refractivity contribution in [1.82, 2.24) is 15.8 Å². The molecular formula is C13H18N4O3S. The third-order valence-corrected chi connectivity index (χ3v) is 3.73. The Hall–Kier alpha value is -1.96. The lowest BCUT2D eigenvalue weighted by molar-refractivity contribution is -0.130. The Morgan fingerprint density at radius 3 is 2.67 bits per heavy atom. The Morgan fingerprint density at radius 1 is 1.33 bits per heavy atom. The number of thiazole rings is 1. The minimum absolute atomic E-state index is 0.00968. The summed E-state index contributed by atoms with van der Waals surface area (Å²) in [7, 11) is 0. The van der Waals surface area contributed by atoms with E-state index in [4.69, 9.17) is 0 Å². The van der Waals surface area contributed by atoms with E-state index < -0.39 is 0 Å². The molecule has 0 saturated heterocycles. The van der Waals surface area contributed by atoms with Crippen LogP contribution in [0.1, 0.15) is 32.4 Å². The molecule has 0 atom stereocenters. The minimum Gasteiger partial charge on any atom is -0.302 e. The number of anilines is 1. The molecular weight excluding hydrogens is 292 g/mol. The van der Waals surface area contributed by atoms with Gasteiger partial charge in [0.15, 0.2) is 5.13 Å². The Balaban J connectivity index is 1.77. The van der Waals surface area contributed by atoms with E-state index in [1.807, 2.05) is 0 Å². The van der Waals surface area contributed by atoms with Crippen LogP contribution in [0.2, 0.25) is 0 Å². The first-order valence-corrected chi connectivity index (χ1v) is 7.67. The van der Waals surface area contributed by atoms with E-state index in [2.05, 4.69) is 21.2 Å². The molecule has 1 aliphatic carbocycles. The number of hydrogen-bond donors (Lipinski definition) is 3. The van der Waals surface area contributed by atoms with Gasteiger partial charge in [-0.15, -0.1) is 11.3 Å². The van der Waals surface area contributed by atoms with Crippen LogP contribution in [0.5, 0.6) is 0 Å². The van der Waals surface area contributed by atoms with E-state index in [1.165, 1.54) is 11.3 Å². The molecule has 3 N–H and O–H groups in total.